The summed E-state index contributed by atoms with van der Waals surface area (Å²) in [5.74, 6) is 0.741. The van der Waals surface area contributed by atoms with E-state index >= 15 is 0 Å². The third kappa shape index (κ3) is 3.92. The van der Waals surface area contributed by atoms with Gasteiger partial charge >= 0.3 is 0 Å². The van der Waals surface area contributed by atoms with Gasteiger partial charge in [-0.1, -0.05) is 27.7 Å². The number of Topliss-reactive ketones (excluding diaryl/α,β-unsaturated/α-hetero) is 1. The highest BCUT2D eigenvalue weighted by molar-refractivity contribution is 5.85. The summed E-state index contributed by atoms with van der Waals surface area (Å²) in [6.45, 7) is 10.0. The van der Waals surface area contributed by atoms with Crippen LogP contribution in [0.15, 0.2) is 0 Å². The van der Waals surface area contributed by atoms with E-state index in [2.05, 4.69) is 11.8 Å². The number of piperidine rings is 1. The number of β-amino-alcohol motifs (C(OH)–C–C–N with tert-alkyl or cyclic N) is 1. The fourth-order valence-electron chi connectivity index (χ4n) is 2.00. The maximum absolute atomic E-state index is 11.8. The van der Waals surface area contributed by atoms with Crippen LogP contribution in [0.2, 0.25) is 0 Å². The lowest BCUT2D eigenvalue weighted by molar-refractivity contribution is -0.128. The highest BCUT2D eigenvalue weighted by Gasteiger charge is 2.28. The normalized spacial score (nSPS) is 29.1. The van der Waals surface area contributed by atoms with Gasteiger partial charge in [0, 0.05) is 18.5 Å². The Morgan fingerprint density at radius 2 is 2.00 bits per heavy atom. The van der Waals surface area contributed by atoms with E-state index in [1.807, 2.05) is 20.8 Å². The second-order valence-electron chi connectivity index (χ2n) is 5.86. The Balaban J connectivity index is 2.48. The molecule has 1 N–H and O–H groups in total. The highest BCUT2D eigenvalue weighted by atomic mass is 16.3. The smallest absolute Gasteiger partial charge is 0.152 e. The molecule has 0 aromatic heterocycles. The molecule has 0 bridgehead atoms. The van der Waals surface area contributed by atoms with E-state index in [9.17, 15) is 9.90 Å². The number of likely N-dealkylation sites (tertiary alicyclic amines) is 1. The molecule has 0 aliphatic carbocycles. The van der Waals surface area contributed by atoms with Crippen molar-refractivity contribution in [3.05, 3.63) is 0 Å². The number of ketones is 1. The van der Waals surface area contributed by atoms with Crippen molar-refractivity contribution in [1.29, 1.82) is 0 Å². The Kier molecular flexibility index (Phi) is 3.90. The average molecular weight is 213 g/mol. The van der Waals surface area contributed by atoms with Crippen molar-refractivity contribution in [2.75, 3.05) is 19.6 Å². The molecule has 1 fully saturated rings. The fourth-order valence-corrected chi connectivity index (χ4v) is 2.00. The van der Waals surface area contributed by atoms with E-state index in [1.54, 1.807) is 0 Å². The zero-order valence-corrected chi connectivity index (χ0v) is 10.3. The molecule has 0 unspecified atom stereocenters. The fraction of sp³-hybridized carbons (Fsp3) is 0.917. The van der Waals surface area contributed by atoms with E-state index in [1.165, 1.54) is 0 Å². The SMILES string of the molecule is C[C@@H]1C[C@H](O)CN(CC(=O)C(C)(C)C)C1. The van der Waals surface area contributed by atoms with Crippen molar-refractivity contribution in [3.8, 4) is 0 Å². The summed E-state index contributed by atoms with van der Waals surface area (Å²) >= 11 is 0. The van der Waals surface area contributed by atoms with Crippen LogP contribution in [-0.4, -0.2) is 41.5 Å². The monoisotopic (exact) mass is 213 g/mol. The molecule has 2 atom stereocenters. The Hall–Kier alpha value is -0.410. The summed E-state index contributed by atoms with van der Waals surface area (Å²) < 4.78 is 0. The zero-order chi connectivity index (χ0) is 11.6. The molecule has 1 aliphatic rings. The van der Waals surface area contributed by atoms with E-state index in [-0.39, 0.29) is 17.3 Å². The number of rotatable bonds is 2. The maximum atomic E-state index is 11.8. The Morgan fingerprint density at radius 1 is 1.40 bits per heavy atom. The van der Waals surface area contributed by atoms with Crippen molar-refractivity contribution < 1.29 is 9.90 Å². The largest absolute Gasteiger partial charge is 0.392 e. The first kappa shape index (κ1) is 12.7. The number of aliphatic hydroxyl groups excluding tert-OH is 1. The first-order valence-electron chi connectivity index (χ1n) is 5.72. The van der Waals surface area contributed by atoms with Crippen LogP contribution >= 0.6 is 0 Å². The van der Waals surface area contributed by atoms with Gasteiger partial charge in [0.15, 0.2) is 5.78 Å². The number of nitrogens with zero attached hydrogens (tertiary/aromatic N) is 1. The predicted octanol–water partition coefficient (Wildman–Crippen LogP) is 1.30. The molecule has 0 aromatic carbocycles. The van der Waals surface area contributed by atoms with E-state index < -0.39 is 0 Å². The molecular weight excluding hydrogens is 190 g/mol. The summed E-state index contributed by atoms with van der Waals surface area (Å²) in [5, 5.41) is 9.61. The lowest BCUT2D eigenvalue weighted by atomic mass is 9.89. The third-order valence-electron chi connectivity index (χ3n) is 2.92. The van der Waals surface area contributed by atoms with Gasteiger partial charge in [0.05, 0.1) is 12.6 Å². The maximum Gasteiger partial charge on any atom is 0.152 e. The predicted molar refractivity (Wildman–Crippen MR) is 60.7 cm³/mol. The van der Waals surface area contributed by atoms with Crippen LogP contribution in [0, 0.1) is 11.3 Å². The van der Waals surface area contributed by atoms with Crippen molar-refractivity contribution in [2.45, 2.75) is 40.2 Å². The number of carbonyl (C=O) groups is 1. The van der Waals surface area contributed by atoms with Crippen LogP contribution in [0.25, 0.3) is 0 Å². The molecule has 3 nitrogen and oxygen atoms in total. The molecule has 1 saturated heterocycles. The summed E-state index contributed by atoms with van der Waals surface area (Å²) in [6, 6.07) is 0. The van der Waals surface area contributed by atoms with Gasteiger partial charge in [-0.2, -0.15) is 0 Å². The lowest BCUT2D eigenvalue weighted by Gasteiger charge is -2.34. The van der Waals surface area contributed by atoms with Crippen LogP contribution in [0.3, 0.4) is 0 Å². The summed E-state index contributed by atoms with van der Waals surface area (Å²) in [6.07, 6.45) is 0.599. The van der Waals surface area contributed by atoms with Crippen LogP contribution in [0.5, 0.6) is 0 Å². The van der Waals surface area contributed by atoms with Gasteiger partial charge in [-0.25, -0.2) is 0 Å². The molecule has 1 aliphatic heterocycles. The summed E-state index contributed by atoms with van der Waals surface area (Å²) in [4.78, 5) is 13.9. The Morgan fingerprint density at radius 3 is 2.47 bits per heavy atom. The molecule has 0 radical (unpaired) electrons. The molecule has 0 aromatic rings. The first-order valence-corrected chi connectivity index (χ1v) is 5.72. The molecule has 0 saturated carbocycles. The minimum Gasteiger partial charge on any atom is -0.392 e. The summed E-state index contributed by atoms with van der Waals surface area (Å²) in [5.41, 5.74) is -0.272. The minimum absolute atomic E-state index is 0.254. The molecule has 15 heavy (non-hydrogen) atoms. The van der Waals surface area contributed by atoms with E-state index in [4.69, 9.17) is 0 Å². The number of aliphatic hydroxyl groups is 1. The van der Waals surface area contributed by atoms with Gasteiger partial charge in [-0.15, -0.1) is 0 Å². The van der Waals surface area contributed by atoms with Gasteiger partial charge in [0.25, 0.3) is 0 Å². The van der Waals surface area contributed by atoms with Gasteiger partial charge in [0.2, 0.25) is 0 Å². The van der Waals surface area contributed by atoms with Crippen molar-refractivity contribution in [2.24, 2.45) is 11.3 Å². The number of carbonyl (C=O) groups excluding carboxylic acids is 1. The Labute approximate surface area is 92.5 Å². The minimum atomic E-state index is -0.272. The van der Waals surface area contributed by atoms with Crippen molar-refractivity contribution >= 4 is 5.78 Å². The molecule has 0 amide bonds. The van der Waals surface area contributed by atoms with Crippen LogP contribution < -0.4 is 0 Å². The highest BCUT2D eigenvalue weighted by Crippen LogP contribution is 2.19. The molecular formula is C12H23NO2. The topological polar surface area (TPSA) is 40.5 Å². The van der Waals surface area contributed by atoms with E-state index in [0.717, 1.165) is 13.0 Å². The molecule has 1 rings (SSSR count). The van der Waals surface area contributed by atoms with Gasteiger partial charge in [-0.05, 0) is 12.3 Å². The third-order valence-corrected chi connectivity index (χ3v) is 2.92. The average Bonchev–Trinajstić information content (AvgIpc) is 1.99. The molecule has 1 heterocycles. The molecule has 0 spiro atoms. The van der Waals surface area contributed by atoms with E-state index in [0.29, 0.717) is 19.0 Å². The first-order chi connectivity index (χ1) is 6.79. The van der Waals surface area contributed by atoms with Crippen molar-refractivity contribution in [1.82, 2.24) is 4.90 Å². The molecule has 88 valence electrons. The van der Waals surface area contributed by atoms with Gasteiger partial charge < -0.3 is 5.11 Å². The Bertz CT molecular complexity index is 222. The second kappa shape index (κ2) is 4.62. The number of hydrogen-bond acceptors (Lipinski definition) is 3. The van der Waals surface area contributed by atoms with Gasteiger partial charge in [0.1, 0.15) is 0 Å². The van der Waals surface area contributed by atoms with Crippen molar-refractivity contribution in [3.63, 3.8) is 0 Å². The summed E-state index contributed by atoms with van der Waals surface area (Å²) in [7, 11) is 0. The standard InChI is InChI=1S/C12H23NO2/c1-9-5-10(14)7-13(6-9)8-11(15)12(2,3)4/h9-10,14H,5-8H2,1-4H3/t9-,10+/m1/s1. The lowest BCUT2D eigenvalue weighted by Crippen LogP contribution is -2.46. The quantitative estimate of drug-likeness (QED) is 0.751. The van der Waals surface area contributed by atoms with Gasteiger partial charge in [-0.3, -0.25) is 9.69 Å². The van der Waals surface area contributed by atoms with Crippen LogP contribution in [0.1, 0.15) is 34.1 Å². The molecule has 3 heteroatoms. The second-order valence-corrected chi connectivity index (χ2v) is 5.86. The number of hydrogen-bond donors (Lipinski definition) is 1. The van der Waals surface area contributed by atoms with Crippen LogP contribution in [0.4, 0.5) is 0 Å². The van der Waals surface area contributed by atoms with Crippen LogP contribution in [-0.2, 0) is 4.79 Å². The zero-order valence-electron chi connectivity index (χ0n) is 10.3.